The van der Waals surface area contributed by atoms with Gasteiger partial charge in [-0.3, -0.25) is 4.40 Å². The maximum atomic E-state index is 14.6. The van der Waals surface area contributed by atoms with Crippen molar-refractivity contribution in [3.8, 4) is 11.4 Å². The molecule has 0 unspecified atom stereocenters. The van der Waals surface area contributed by atoms with E-state index in [0.717, 1.165) is 9.87 Å². The monoisotopic (exact) mass is 447 g/mol. The highest BCUT2D eigenvalue weighted by Crippen LogP contribution is 2.31. The van der Waals surface area contributed by atoms with Gasteiger partial charge in [-0.25, -0.2) is 22.1 Å². The molecular formula is C23H18FN5O2S. The van der Waals surface area contributed by atoms with E-state index < -0.39 is 15.8 Å². The molecule has 9 heteroatoms. The quantitative estimate of drug-likeness (QED) is 0.412. The lowest BCUT2D eigenvalue weighted by atomic mass is 10.2. The zero-order chi connectivity index (χ0) is 22.5. The van der Waals surface area contributed by atoms with Gasteiger partial charge in [0, 0.05) is 7.05 Å². The molecule has 0 aliphatic heterocycles. The summed E-state index contributed by atoms with van der Waals surface area (Å²) in [7, 11) is -2.50. The van der Waals surface area contributed by atoms with E-state index in [0.29, 0.717) is 11.0 Å². The highest BCUT2D eigenvalue weighted by Gasteiger charge is 2.27. The van der Waals surface area contributed by atoms with Crippen molar-refractivity contribution in [3.63, 3.8) is 0 Å². The summed E-state index contributed by atoms with van der Waals surface area (Å²) < 4.78 is 43.9. The smallest absolute Gasteiger partial charge is 0.265 e. The number of anilines is 1. The van der Waals surface area contributed by atoms with Gasteiger partial charge in [-0.1, -0.05) is 42.0 Å². The first kappa shape index (κ1) is 20.1. The average Bonchev–Trinajstić information content (AvgIpc) is 3.24. The van der Waals surface area contributed by atoms with Crippen molar-refractivity contribution in [3.05, 3.63) is 84.2 Å². The third-order valence-electron chi connectivity index (χ3n) is 5.30. The highest BCUT2D eigenvalue weighted by atomic mass is 32.2. The highest BCUT2D eigenvalue weighted by molar-refractivity contribution is 7.92. The first-order valence-corrected chi connectivity index (χ1v) is 11.3. The van der Waals surface area contributed by atoms with Gasteiger partial charge in [-0.2, -0.15) is 0 Å². The third-order valence-corrected chi connectivity index (χ3v) is 7.07. The lowest BCUT2D eigenvalue weighted by molar-refractivity contribution is 0.594. The molecule has 0 bridgehead atoms. The third kappa shape index (κ3) is 3.09. The number of nitrogens with zero attached hydrogens (tertiary/aromatic N) is 5. The van der Waals surface area contributed by atoms with Crippen LogP contribution in [0.5, 0.6) is 0 Å². The SMILES string of the molecule is Cc1ccc(S(=O)(=O)N(C)c2nc3ccccc3n3c(-c4ccccc4F)nnc23)cc1. The Balaban J connectivity index is 1.79. The number of aromatic nitrogens is 4. The molecule has 0 aliphatic rings. The predicted octanol–water partition coefficient (Wildman–Crippen LogP) is 4.22. The summed E-state index contributed by atoms with van der Waals surface area (Å²) in [6.45, 7) is 1.88. The number of sulfonamides is 1. The van der Waals surface area contributed by atoms with Gasteiger partial charge in [0.2, 0.25) is 5.65 Å². The molecule has 2 aromatic heterocycles. The topological polar surface area (TPSA) is 80.5 Å². The molecule has 0 amide bonds. The number of para-hydroxylation sites is 2. The van der Waals surface area contributed by atoms with Crippen molar-refractivity contribution in [2.45, 2.75) is 11.8 Å². The number of aryl methyl sites for hydroxylation is 1. The summed E-state index contributed by atoms with van der Waals surface area (Å²) in [4.78, 5) is 4.70. The molecule has 3 aromatic carbocycles. The molecule has 0 fully saturated rings. The fourth-order valence-electron chi connectivity index (χ4n) is 3.58. The van der Waals surface area contributed by atoms with Crippen LogP contribution in [0.1, 0.15) is 5.56 Å². The number of fused-ring (bicyclic) bond motifs is 3. The van der Waals surface area contributed by atoms with Crippen LogP contribution < -0.4 is 4.31 Å². The van der Waals surface area contributed by atoms with E-state index in [1.807, 2.05) is 13.0 Å². The van der Waals surface area contributed by atoms with Gasteiger partial charge < -0.3 is 0 Å². The summed E-state index contributed by atoms with van der Waals surface area (Å²) in [5.74, 6) is -0.0941. The van der Waals surface area contributed by atoms with E-state index in [1.54, 1.807) is 65.1 Å². The second kappa shape index (κ2) is 7.38. The molecule has 7 nitrogen and oxygen atoms in total. The lowest BCUT2D eigenvalue weighted by Gasteiger charge is -2.20. The normalized spacial score (nSPS) is 11.8. The van der Waals surface area contributed by atoms with Gasteiger partial charge in [0.25, 0.3) is 10.0 Å². The molecule has 0 aliphatic carbocycles. The molecule has 0 saturated carbocycles. The Morgan fingerprint density at radius 3 is 2.34 bits per heavy atom. The Bertz CT molecular complexity index is 1580. The van der Waals surface area contributed by atoms with Crippen LogP contribution in [-0.4, -0.2) is 35.0 Å². The molecule has 32 heavy (non-hydrogen) atoms. The Kier molecular flexibility index (Phi) is 4.63. The largest absolute Gasteiger partial charge is 0.270 e. The summed E-state index contributed by atoms with van der Waals surface area (Å²) >= 11 is 0. The second-order valence-electron chi connectivity index (χ2n) is 7.37. The van der Waals surface area contributed by atoms with Gasteiger partial charge in [-0.15, -0.1) is 10.2 Å². The number of halogens is 1. The minimum atomic E-state index is -3.92. The van der Waals surface area contributed by atoms with E-state index in [1.165, 1.54) is 13.1 Å². The average molecular weight is 447 g/mol. The molecule has 5 aromatic rings. The van der Waals surface area contributed by atoms with Crippen LogP contribution in [-0.2, 0) is 10.0 Å². The van der Waals surface area contributed by atoms with Crippen LogP contribution in [0.25, 0.3) is 28.1 Å². The Morgan fingerprint density at radius 2 is 1.59 bits per heavy atom. The summed E-state index contributed by atoms with van der Waals surface area (Å²) in [5, 5.41) is 8.40. The van der Waals surface area contributed by atoms with Crippen molar-refractivity contribution in [2.24, 2.45) is 0 Å². The van der Waals surface area contributed by atoms with Crippen LogP contribution in [0, 0.1) is 12.7 Å². The van der Waals surface area contributed by atoms with E-state index >= 15 is 0 Å². The molecule has 5 rings (SSSR count). The first-order valence-electron chi connectivity index (χ1n) is 9.82. The molecular weight excluding hydrogens is 429 g/mol. The summed E-state index contributed by atoms with van der Waals surface area (Å²) in [6.07, 6.45) is 0. The predicted molar refractivity (Wildman–Crippen MR) is 120 cm³/mol. The van der Waals surface area contributed by atoms with Gasteiger partial charge in [0.15, 0.2) is 11.6 Å². The maximum absolute atomic E-state index is 14.6. The van der Waals surface area contributed by atoms with Crippen LogP contribution in [0.4, 0.5) is 10.2 Å². The van der Waals surface area contributed by atoms with Gasteiger partial charge in [0.1, 0.15) is 5.82 Å². The fourth-order valence-corrected chi connectivity index (χ4v) is 4.73. The second-order valence-corrected chi connectivity index (χ2v) is 9.34. The summed E-state index contributed by atoms with van der Waals surface area (Å²) in [5.41, 5.74) is 2.57. The zero-order valence-corrected chi connectivity index (χ0v) is 18.1. The van der Waals surface area contributed by atoms with Crippen LogP contribution >= 0.6 is 0 Å². The minimum Gasteiger partial charge on any atom is -0.270 e. The number of rotatable bonds is 4. The Hall–Kier alpha value is -3.85. The van der Waals surface area contributed by atoms with Crippen molar-refractivity contribution >= 4 is 32.5 Å². The fraction of sp³-hybridized carbons (Fsp3) is 0.0870. The number of hydrogen-bond acceptors (Lipinski definition) is 5. The zero-order valence-electron chi connectivity index (χ0n) is 17.3. The number of hydrogen-bond donors (Lipinski definition) is 0. The maximum Gasteiger partial charge on any atom is 0.265 e. The first-order chi connectivity index (χ1) is 15.4. The van der Waals surface area contributed by atoms with E-state index in [4.69, 9.17) is 0 Å². The van der Waals surface area contributed by atoms with Crippen molar-refractivity contribution in [1.29, 1.82) is 0 Å². The number of benzene rings is 3. The van der Waals surface area contributed by atoms with Gasteiger partial charge in [-0.05, 0) is 43.3 Å². The Morgan fingerprint density at radius 1 is 0.906 bits per heavy atom. The molecule has 2 heterocycles. The molecule has 0 saturated heterocycles. The van der Waals surface area contributed by atoms with Gasteiger partial charge in [0.05, 0.1) is 21.5 Å². The molecule has 160 valence electrons. The van der Waals surface area contributed by atoms with Gasteiger partial charge >= 0.3 is 0 Å². The van der Waals surface area contributed by atoms with Crippen molar-refractivity contribution in [1.82, 2.24) is 19.6 Å². The van der Waals surface area contributed by atoms with E-state index in [9.17, 15) is 12.8 Å². The molecule has 0 atom stereocenters. The van der Waals surface area contributed by atoms with E-state index in [2.05, 4.69) is 15.2 Å². The molecule has 0 radical (unpaired) electrons. The van der Waals surface area contributed by atoms with E-state index in [-0.39, 0.29) is 27.7 Å². The summed E-state index contributed by atoms with van der Waals surface area (Å²) in [6, 6.07) is 20.0. The van der Waals surface area contributed by atoms with Crippen LogP contribution in [0.2, 0.25) is 0 Å². The lowest BCUT2D eigenvalue weighted by Crippen LogP contribution is -2.28. The molecule has 0 spiro atoms. The van der Waals surface area contributed by atoms with Crippen molar-refractivity contribution in [2.75, 3.05) is 11.4 Å². The minimum absolute atomic E-state index is 0.0966. The van der Waals surface area contributed by atoms with Crippen LogP contribution in [0.15, 0.2) is 77.7 Å². The molecule has 0 N–H and O–H groups in total. The van der Waals surface area contributed by atoms with Crippen molar-refractivity contribution < 1.29 is 12.8 Å². The standard InChI is InChI=1S/C23H18FN5O2S/c1-15-11-13-16(14-12-15)32(30,31)28(2)22-23-27-26-21(17-7-3-4-8-18(17)24)29(23)20-10-6-5-9-19(20)25-22/h3-14H,1-2H3. The van der Waals surface area contributed by atoms with Crippen LogP contribution in [0.3, 0.4) is 0 Å². The Labute approximate surface area is 183 Å².